The molecule has 0 saturated carbocycles. The molecule has 2 rings (SSSR count). The van der Waals surface area contributed by atoms with Gasteiger partial charge in [-0.25, -0.2) is 4.79 Å². The molecule has 0 fully saturated rings. The van der Waals surface area contributed by atoms with E-state index in [1.807, 2.05) is 12.1 Å². The highest BCUT2D eigenvalue weighted by Gasteiger charge is 2.09. The molecule has 0 amide bonds. The van der Waals surface area contributed by atoms with Crippen molar-refractivity contribution in [2.24, 2.45) is 0 Å². The lowest BCUT2D eigenvalue weighted by molar-refractivity contribution is 0.0698. The van der Waals surface area contributed by atoms with Crippen LogP contribution in [0.15, 0.2) is 42.5 Å². The molecule has 0 atom stereocenters. The van der Waals surface area contributed by atoms with Gasteiger partial charge in [0, 0.05) is 17.9 Å². The van der Waals surface area contributed by atoms with E-state index in [1.165, 1.54) is 6.07 Å². The van der Waals surface area contributed by atoms with Crippen molar-refractivity contribution >= 4 is 17.3 Å². The summed E-state index contributed by atoms with van der Waals surface area (Å²) in [7, 11) is 0. The van der Waals surface area contributed by atoms with E-state index in [0.29, 0.717) is 17.9 Å². The summed E-state index contributed by atoms with van der Waals surface area (Å²) in [6, 6.07) is 11.7. The van der Waals surface area contributed by atoms with Gasteiger partial charge in [0.25, 0.3) is 0 Å². The normalized spacial score (nSPS) is 10.2. The van der Waals surface area contributed by atoms with Gasteiger partial charge in [-0.15, -0.1) is 0 Å². The van der Waals surface area contributed by atoms with Crippen LogP contribution < -0.4 is 11.1 Å². The first kappa shape index (κ1) is 13.7. The number of phenolic OH excluding ortho intramolecular Hbond substituents is 1. The van der Waals surface area contributed by atoms with Gasteiger partial charge in [-0.2, -0.15) is 0 Å². The zero-order valence-corrected chi connectivity index (χ0v) is 10.8. The minimum absolute atomic E-state index is 0.163. The largest absolute Gasteiger partial charge is 0.508 e. The molecule has 104 valence electrons. The van der Waals surface area contributed by atoms with E-state index >= 15 is 0 Å². The summed E-state index contributed by atoms with van der Waals surface area (Å²) in [5.74, 6) is -0.780. The molecule has 0 aliphatic carbocycles. The van der Waals surface area contributed by atoms with Crippen molar-refractivity contribution in [3.63, 3.8) is 0 Å². The molecule has 0 saturated heterocycles. The first-order valence-corrected chi connectivity index (χ1v) is 6.21. The Labute approximate surface area is 116 Å². The lowest BCUT2D eigenvalue weighted by Gasteiger charge is -2.10. The van der Waals surface area contributed by atoms with E-state index < -0.39 is 5.97 Å². The summed E-state index contributed by atoms with van der Waals surface area (Å²) in [5, 5.41) is 21.4. The number of phenols is 1. The van der Waals surface area contributed by atoms with E-state index in [2.05, 4.69) is 5.32 Å². The van der Waals surface area contributed by atoms with Crippen molar-refractivity contribution in [3.05, 3.63) is 53.6 Å². The van der Waals surface area contributed by atoms with E-state index in [-0.39, 0.29) is 11.3 Å². The molecule has 2 aromatic carbocycles. The number of hydrogen-bond donors (Lipinski definition) is 4. The fraction of sp³-hybridized carbons (Fsp3) is 0.133. The molecule has 0 bridgehead atoms. The summed E-state index contributed by atoms with van der Waals surface area (Å²) >= 11 is 0. The van der Waals surface area contributed by atoms with Crippen LogP contribution in [0.5, 0.6) is 5.75 Å². The van der Waals surface area contributed by atoms with Gasteiger partial charge in [-0.05, 0) is 42.3 Å². The standard InChI is InChI=1S/C15H16N2O3/c16-11-3-6-14(13(9-11)15(19)20)17-8-7-10-1-4-12(18)5-2-10/h1-6,9,17-18H,7-8,16H2,(H,19,20). The third-order valence-corrected chi connectivity index (χ3v) is 2.94. The van der Waals surface area contributed by atoms with Crippen molar-refractivity contribution in [2.45, 2.75) is 6.42 Å². The quantitative estimate of drug-likeness (QED) is 0.626. The monoisotopic (exact) mass is 272 g/mol. The molecule has 0 unspecified atom stereocenters. The van der Waals surface area contributed by atoms with E-state index in [0.717, 1.165) is 12.0 Å². The number of anilines is 2. The number of carboxylic acid groups (broad SMARTS) is 1. The van der Waals surface area contributed by atoms with Crippen molar-refractivity contribution in [2.75, 3.05) is 17.6 Å². The first-order valence-electron chi connectivity index (χ1n) is 6.21. The Morgan fingerprint density at radius 2 is 1.85 bits per heavy atom. The van der Waals surface area contributed by atoms with Gasteiger partial charge in [0.15, 0.2) is 0 Å². The number of nitrogens with one attached hydrogen (secondary N) is 1. The number of carbonyl (C=O) groups is 1. The number of nitrogen functional groups attached to an aromatic ring is 1. The minimum Gasteiger partial charge on any atom is -0.508 e. The van der Waals surface area contributed by atoms with Gasteiger partial charge in [-0.1, -0.05) is 12.1 Å². The predicted molar refractivity (Wildman–Crippen MR) is 78.1 cm³/mol. The molecule has 0 aliphatic rings. The number of benzene rings is 2. The topological polar surface area (TPSA) is 95.6 Å². The summed E-state index contributed by atoms with van der Waals surface area (Å²) in [6.45, 7) is 0.592. The lowest BCUT2D eigenvalue weighted by Crippen LogP contribution is -2.10. The summed E-state index contributed by atoms with van der Waals surface area (Å²) in [6.07, 6.45) is 0.726. The maximum atomic E-state index is 11.1. The maximum absolute atomic E-state index is 11.1. The summed E-state index contributed by atoms with van der Waals surface area (Å²) < 4.78 is 0. The average Bonchev–Trinajstić information content (AvgIpc) is 2.42. The Morgan fingerprint density at radius 1 is 1.15 bits per heavy atom. The SMILES string of the molecule is Nc1ccc(NCCc2ccc(O)cc2)c(C(=O)O)c1. The average molecular weight is 272 g/mol. The molecule has 5 N–H and O–H groups in total. The van der Waals surface area contributed by atoms with Crippen LogP contribution in [0.3, 0.4) is 0 Å². The molecule has 0 heterocycles. The fourth-order valence-corrected chi connectivity index (χ4v) is 1.90. The molecule has 0 spiro atoms. The van der Waals surface area contributed by atoms with Crippen LogP contribution in [0.2, 0.25) is 0 Å². The molecule has 0 radical (unpaired) electrons. The highest BCUT2D eigenvalue weighted by atomic mass is 16.4. The lowest BCUT2D eigenvalue weighted by atomic mass is 10.1. The molecule has 5 nitrogen and oxygen atoms in total. The van der Waals surface area contributed by atoms with Crippen LogP contribution >= 0.6 is 0 Å². The molecular formula is C15H16N2O3. The van der Waals surface area contributed by atoms with E-state index in [4.69, 9.17) is 10.8 Å². The number of rotatable bonds is 5. The number of aromatic carboxylic acids is 1. The van der Waals surface area contributed by atoms with E-state index in [9.17, 15) is 9.90 Å². The van der Waals surface area contributed by atoms with Crippen LogP contribution in [0.25, 0.3) is 0 Å². The molecular weight excluding hydrogens is 256 g/mol. The van der Waals surface area contributed by atoms with Gasteiger partial charge in [-0.3, -0.25) is 0 Å². The molecule has 0 aliphatic heterocycles. The van der Waals surface area contributed by atoms with Crippen LogP contribution in [0, 0.1) is 0 Å². The predicted octanol–water partition coefficient (Wildman–Crippen LogP) is 2.33. The minimum atomic E-state index is -1.01. The van der Waals surface area contributed by atoms with Gasteiger partial charge in [0.1, 0.15) is 5.75 Å². The van der Waals surface area contributed by atoms with Crippen molar-refractivity contribution in [3.8, 4) is 5.75 Å². The third-order valence-electron chi connectivity index (χ3n) is 2.94. The third kappa shape index (κ3) is 3.41. The Morgan fingerprint density at radius 3 is 2.50 bits per heavy atom. The molecule has 2 aromatic rings. The maximum Gasteiger partial charge on any atom is 0.337 e. The number of hydrogen-bond acceptors (Lipinski definition) is 4. The zero-order valence-electron chi connectivity index (χ0n) is 10.8. The van der Waals surface area contributed by atoms with Gasteiger partial charge in [0.2, 0.25) is 0 Å². The van der Waals surface area contributed by atoms with Crippen LogP contribution in [-0.4, -0.2) is 22.7 Å². The second-order valence-electron chi connectivity index (χ2n) is 4.45. The van der Waals surface area contributed by atoms with Crippen molar-refractivity contribution in [1.82, 2.24) is 0 Å². The van der Waals surface area contributed by atoms with Gasteiger partial charge < -0.3 is 21.3 Å². The van der Waals surface area contributed by atoms with Crippen LogP contribution in [0.1, 0.15) is 15.9 Å². The van der Waals surface area contributed by atoms with Crippen molar-refractivity contribution < 1.29 is 15.0 Å². The second kappa shape index (κ2) is 5.97. The van der Waals surface area contributed by atoms with Crippen LogP contribution in [-0.2, 0) is 6.42 Å². The number of aromatic hydroxyl groups is 1. The Bertz CT molecular complexity index is 609. The fourth-order valence-electron chi connectivity index (χ4n) is 1.90. The first-order chi connectivity index (χ1) is 9.56. The molecule has 5 heteroatoms. The summed E-state index contributed by atoms with van der Waals surface area (Å²) in [4.78, 5) is 11.1. The highest BCUT2D eigenvalue weighted by Crippen LogP contribution is 2.19. The van der Waals surface area contributed by atoms with Crippen LogP contribution in [0.4, 0.5) is 11.4 Å². The molecule has 0 aromatic heterocycles. The van der Waals surface area contributed by atoms with Crippen molar-refractivity contribution in [1.29, 1.82) is 0 Å². The zero-order chi connectivity index (χ0) is 14.5. The number of nitrogens with two attached hydrogens (primary N) is 1. The Balaban J connectivity index is 2.00. The molecule has 20 heavy (non-hydrogen) atoms. The van der Waals surface area contributed by atoms with Gasteiger partial charge in [0.05, 0.1) is 5.56 Å². The second-order valence-corrected chi connectivity index (χ2v) is 4.45. The summed E-state index contributed by atoms with van der Waals surface area (Å²) in [5.41, 5.74) is 7.77. The highest BCUT2D eigenvalue weighted by molar-refractivity contribution is 5.95. The Kier molecular flexibility index (Phi) is 4.10. The Hall–Kier alpha value is -2.69. The van der Waals surface area contributed by atoms with E-state index in [1.54, 1.807) is 24.3 Å². The van der Waals surface area contributed by atoms with Gasteiger partial charge >= 0.3 is 5.97 Å². The smallest absolute Gasteiger partial charge is 0.337 e. The number of carboxylic acids is 1.